The summed E-state index contributed by atoms with van der Waals surface area (Å²) in [5.74, 6) is 1.69. The predicted molar refractivity (Wildman–Crippen MR) is 139 cm³/mol. The second kappa shape index (κ2) is 10.3. The van der Waals surface area contributed by atoms with E-state index in [0.717, 1.165) is 80.5 Å². The van der Waals surface area contributed by atoms with E-state index >= 15 is 0 Å². The normalized spacial score (nSPS) is 27.7. The van der Waals surface area contributed by atoms with Crippen molar-refractivity contribution >= 4 is 0 Å². The molecule has 1 N–H and O–H groups in total. The maximum atomic E-state index is 14.1. The van der Waals surface area contributed by atoms with Crippen molar-refractivity contribution in [3.8, 4) is 0 Å². The monoisotopic (exact) mass is 505 g/mol. The second-order valence-electron chi connectivity index (χ2n) is 11.5. The van der Waals surface area contributed by atoms with Crippen molar-refractivity contribution in [2.24, 2.45) is 11.8 Å². The molecule has 0 radical (unpaired) electrons. The molecule has 4 fully saturated rings. The van der Waals surface area contributed by atoms with Gasteiger partial charge in [-0.15, -0.1) is 0 Å². The number of rotatable bonds is 8. The molecule has 0 amide bonds. The van der Waals surface area contributed by atoms with E-state index in [0.29, 0.717) is 24.0 Å². The van der Waals surface area contributed by atoms with Crippen molar-refractivity contribution in [1.82, 2.24) is 4.98 Å². The molecule has 37 heavy (non-hydrogen) atoms. The highest BCUT2D eigenvalue weighted by molar-refractivity contribution is 5.30. The lowest BCUT2D eigenvalue weighted by atomic mass is 9.73. The van der Waals surface area contributed by atoms with Gasteiger partial charge in [0.2, 0.25) is 5.89 Å². The molecule has 5 nitrogen and oxygen atoms in total. The van der Waals surface area contributed by atoms with Crippen LogP contribution in [-0.4, -0.2) is 40.3 Å². The summed E-state index contributed by atoms with van der Waals surface area (Å²) in [6.45, 7) is 4.14. The summed E-state index contributed by atoms with van der Waals surface area (Å²) in [4.78, 5) is 4.69. The Hall–Kier alpha value is -2.54. The average Bonchev–Trinajstić information content (AvgIpc) is 3.42. The quantitative estimate of drug-likeness (QED) is 0.384. The molecule has 2 aromatic carbocycles. The molecule has 3 saturated heterocycles. The number of benzene rings is 2. The molecule has 1 aromatic heterocycles. The van der Waals surface area contributed by atoms with Gasteiger partial charge in [0.05, 0.1) is 25.9 Å². The fourth-order valence-corrected chi connectivity index (χ4v) is 7.08. The molecule has 6 heteroatoms. The van der Waals surface area contributed by atoms with Crippen LogP contribution in [0.4, 0.5) is 4.39 Å². The highest BCUT2D eigenvalue weighted by Gasteiger charge is 2.48. The van der Waals surface area contributed by atoms with Gasteiger partial charge in [0.1, 0.15) is 25.0 Å². The smallest absolute Gasteiger partial charge is 0.231 e. The van der Waals surface area contributed by atoms with Crippen molar-refractivity contribution in [3.05, 3.63) is 89.4 Å². The summed E-state index contributed by atoms with van der Waals surface area (Å²) in [6, 6.07) is 16.8. The van der Waals surface area contributed by atoms with E-state index in [1.807, 2.05) is 42.6 Å². The number of ether oxygens (including phenoxy) is 1. The molecule has 4 aliphatic rings. The Morgan fingerprint density at radius 3 is 2.46 bits per heavy atom. The number of quaternary nitrogens is 1. The first-order valence-corrected chi connectivity index (χ1v) is 14.0. The van der Waals surface area contributed by atoms with Gasteiger partial charge in [-0.25, -0.2) is 9.37 Å². The Balaban J connectivity index is 1.20. The van der Waals surface area contributed by atoms with Crippen LogP contribution in [0.25, 0.3) is 0 Å². The number of halogens is 1. The highest BCUT2D eigenvalue weighted by Crippen LogP contribution is 2.44. The Morgan fingerprint density at radius 2 is 1.70 bits per heavy atom. The maximum absolute atomic E-state index is 14.1. The minimum Gasteiger partial charge on any atom is -0.436 e. The van der Waals surface area contributed by atoms with E-state index in [1.165, 1.54) is 12.5 Å². The zero-order chi connectivity index (χ0) is 25.3. The molecule has 196 valence electrons. The van der Waals surface area contributed by atoms with Gasteiger partial charge in [-0.2, -0.15) is 0 Å². The number of aromatic nitrogens is 1. The summed E-state index contributed by atoms with van der Waals surface area (Å²) < 4.78 is 27.7. The summed E-state index contributed by atoms with van der Waals surface area (Å²) in [7, 11) is 0. The maximum Gasteiger partial charge on any atom is 0.231 e. The summed E-state index contributed by atoms with van der Waals surface area (Å²) >= 11 is 0. The number of hydrogen-bond donors (Lipinski definition) is 1. The number of nitrogens with zero attached hydrogens (tertiary/aromatic N) is 2. The fourth-order valence-electron chi connectivity index (χ4n) is 7.08. The van der Waals surface area contributed by atoms with Crippen LogP contribution in [0.3, 0.4) is 0 Å². The summed E-state index contributed by atoms with van der Waals surface area (Å²) in [6.07, 6.45) is 9.60. The number of oxazole rings is 1. The Bertz CT molecular complexity index is 1180. The Morgan fingerprint density at radius 1 is 0.973 bits per heavy atom. The van der Waals surface area contributed by atoms with E-state index in [2.05, 4.69) is 4.98 Å². The van der Waals surface area contributed by atoms with Gasteiger partial charge in [-0.1, -0.05) is 67.8 Å². The zero-order valence-electron chi connectivity index (χ0n) is 21.5. The van der Waals surface area contributed by atoms with Gasteiger partial charge >= 0.3 is 0 Å². The van der Waals surface area contributed by atoms with Gasteiger partial charge in [-0.3, -0.25) is 0 Å². The van der Waals surface area contributed by atoms with Crippen molar-refractivity contribution < 1.29 is 23.1 Å². The van der Waals surface area contributed by atoms with Crippen LogP contribution in [0.1, 0.15) is 67.7 Å². The molecular formula is C31H38FN2O3+. The van der Waals surface area contributed by atoms with Crippen molar-refractivity contribution in [1.29, 1.82) is 0 Å². The largest absolute Gasteiger partial charge is 0.436 e. The first kappa shape index (κ1) is 24.8. The first-order chi connectivity index (χ1) is 18.1. The number of hydrogen-bond acceptors (Lipinski definition) is 4. The second-order valence-corrected chi connectivity index (χ2v) is 11.5. The third-order valence-corrected chi connectivity index (χ3v) is 9.23. The van der Waals surface area contributed by atoms with Crippen LogP contribution in [-0.2, 0) is 23.5 Å². The van der Waals surface area contributed by atoms with E-state index in [1.54, 1.807) is 12.1 Å². The third kappa shape index (κ3) is 4.87. The zero-order valence-corrected chi connectivity index (χ0v) is 21.5. The van der Waals surface area contributed by atoms with Gasteiger partial charge in [0, 0.05) is 30.2 Å². The lowest BCUT2D eigenvalue weighted by molar-refractivity contribution is -0.959. The predicted octanol–water partition coefficient (Wildman–Crippen LogP) is 5.96. The molecular weight excluding hydrogens is 467 g/mol. The topological polar surface area (TPSA) is 55.5 Å². The molecule has 2 atom stereocenters. The molecule has 1 unspecified atom stereocenters. The number of fused-ring (bicyclic) bond motifs is 3. The van der Waals surface area contributed by atoms with E-state index in [-0.39, 0.29) is 17.8 Å². The van der Waals surface area contributed by atoms with Crippen LogP contribution in [0.15, 0.2) is 65.2 Å². The fraction of sp³-hybridized carbons (Fsp3) is 0.516. The van der Waals surface area contributed by atoms with Gasteiger partial charge in [0.25, 0.3) is 0 Å². The minimum atomic E-state index is -1.21. The Labute approximate surface area is 218 Å². The number of piperidine rings is 3. The van der Waals surface area contributed by atoms with E-state index < -0.39 is 5.60 Å². The first-order valence-electron chi connectivity index (χ1n) is 14.0. The van der Waals surface area contributed by atoms with Crippen LogP contribution in [0, 0.1) is 17.7 Å². The number of aliphatic hydroxyl groups is 1. The summed E-state index contributed by atoms with van der Waals surface area (Å²) in [5, 5.41) is 12.2. The van der Waals surface area contributed by atoms with Gasteiger partial charge in [0.15, 0.2) is 11.4 Å². The van der Waals surface area contributed by atoms with Crippen LogP contribution in [0.2, 0.25) is 0 Å². The molecule has 3 aliphatic heterocycles. The van der Waals surface area contributed by atoms with Gasteiger partial charge in [-0.05, 0) is 24.5 Å². The van der Waals surface area contributed by atoms with Crippen LogP contribution in [0.5, 0.6) is 0 Å². The van der Waals surface area contributed by atoms with Crippen LogP contribution >= 0.6 is 0 Å². The third-order valence-electron chi connectivity index (χ3n) is 9.23. The minimum absolute atomic E-state index is 0.101. The average molecular weight is 506 g/mol. The molecule has 0 spiro atoms. The molecule has 7 rings (SSSR count). The molecule has 2 bridgehead atoms. The SMILES string of the molecule is O[C@](c1ccccc1)(c1ncc(C[N+]23CCC(CC2)C(OCc2ccccc2F)C3)o1)C1CCCCC1. The Kier molecular flexibility index (Phi) is 6.91. The molecule has 1 saturated carbocycles. The van der Waals surface area contributed by atoms with E-state index in [9.17, 15) is 9.50 Å². The lowest BCUT2D eigenvalue weighted by Gasteiger charge is -2.52. The van der Waals surface area contributed by atoms with Crippen LogP contribution < -0.4 is 0 Å². The molecule has 1 aliphatic carbocycles. The van der Waals surface area contributed by atoms with Crippen molar-refractivity contribution in [3.63, 3.8) is 0 Å². The summed E-state index contributed by atoms with van der Waals surface area (Å²) in [5.41, 5.74) is 0.274. The standard InChI is InChI=1S/C31H38FN2O3/c32-28-14-8-7-9-24(28)22-36-29-21-34(17-15-23(29)16-18-34)20-27-19-33-30(37-27)31(35,25-10-3-1-4-11-25)26-12-5-2-6-13-26/h1,3-4,7-11,14,19,23,26,29,35H,2,5-6,12-13,15-18,20-22H2/q+1/t23?,29?,31-,34?/m0/s1. The van der Waals surface area contributed by atoms with E-state index in [4.69, 9.17) is 9.15 Å². The van der Waals surface area contributed by atoms with Gasteiger partial charge < -0.3 is 18.7 Å². The van der Waals surface area contributed by atoms with Crippen molar-refractivity contribution in [2.75, 3.05) is 19.6 Å². The molecule has 3 aromatic rings. The lowest BCUT2D eigenvalue weighted by Crippen LogP contribution is -2.63. The van der Waals surface area contributed by atoms with Crippen molar-refractivity contribution in [2.45, 2.75) is 69.8 Å². The highest BCUT2D eigenvalue weighted by atomic mass is 19.1. The molecule has 4 heterocycles.